The fraction of sp³-hybridized carbons (Fsp3) is 0.238. The van der Waals surface area contributed by atoms with Gasteiger partial charge in [-0.05, 0) is 48.7 Å². The average molecular weight is 386 g/mol. The minimum Gasteiger partial charge on any atom is -0.479 e. The molecule has 28 heavy (non-hydrogen) atoms. The number of carboxylic acids is 1. The summed E-state index contributed by atoms with van der Waals surface area (Å²) in [5, 5.41) is 10.1. The van der Waals surface area contributed by atoms with Gasteiger partial charge >= 0.3 is 5.97 Å². The van der Waals surface area contributed by atoms with E-state index in [1.165, 1.54) is 48.5 Å². The Morgan fingerprint density at radius 3 is 2.04 bits per heavy atom. The zero-order valence-electron chi connectivity index (χ0n) is 15.3. The first kappa shape index (κ1) is 19.7. The number of aromatic nitrogens is 2. The van der Waals surface area contributed by atoms with Crippen LogP contribution in [0.4, 0.5) is 8.78 Å². The Balaban J connectivity index is 1.90. The molecule has 0 fully saturated rings. The van der Waals surface area contributed by atoms with E-state index in [0.717, 1.165) is 5.82 Å². The highest BCUT2D eigenvalue weighted by molar-refractivity contribution is 5.84. The molecule has 0 saturated heterocycles. The van der Waals surface area contributed by atoms with Crippen molar-refractivity contribution in [2.24, 2.45) is 0 Å². The molecule has 0 saturated carbocycles. The molecule has 0 bridgehead atoms. The molecule has 0 radical (unpaired) electrons. The monoisotopic (exact) mass is 386 g/mol. The largest absolute Gasteiger partial charge is 0.479 e. The predicted molar refractivity (Wildman–Crippen MR) is 98.7 cm³/mol. The maximum absolute atomic E-state index is 13.4. The number of aliphatic carboxylic acids is 1. The molecular weight excluding hydrogens is 366 g/mol. The minimum atomic E-state index is -1.87. The van der Waals surface area contributed by atoms with Gasteiger partial charge in [-0.2, -0.15) is 0 Å². The molecule has 0 aliphatic rings. The molecule has 1 heterocycles. The zero-order chi connectivity index (χ0) is 20.1. The van der Waals surface area contributed by atoms with Crippen molar-refractivity contribution in [3.05, 3.63) is 89.5 Å². The van der Waals surface area contributed by atoms with Crippen molar-refractivity contribution in [3.8, 4) is 0 Å². The van der Waals surface area contributed by atoms with Crippen molar-refractivity contribution in [2.45, 2.75) is 25.5 Å². The summed E-state index contributed by atoms with van der Waals surface area (Å²) >= 11 is 0. The highest BCUT2D eigenvalue weighted by Crippen LogP contribution is 2.35. The lowest BCUT2D eigenvalue weighted by Gasteiger charge is -2.31. The summed E-state index contributed by atoms with van der Waals surface area (Å²) in [6.07, 6.45) is 4.06. The highest BCUT2D eigenvalue weighted by atomic mass is 19.1. The minimum absolute atomic E-state index is 0.124. The van der Waals surface area contributed by atoms with Gasteiger partial charge in [0.05, 0.1) is 6.61 Å². The zero-order valence-corrected chi connectivity index (χ0v) is 15.3. The SMILES string of the molecule is Cc1nccn1CCCOC(C(=O)O)(c1ccc(F)cc1)c1ccc(F)cc1. The fourth-order valence-electron chi connectivity index (χ4n) is 3.11. The van der Waals surface area contributed by atoms with Crippen molar-refractivity contribution < 1.29 is 23.4 Å². The molecule has 7 heteroatoms. The van der Waals surface area contributed by atoms with Crippen LogP contribution in [0.25, 0.3) is 0 Å². The number of ether oxygens (including phenoxy) is 1. The Morgan fingerprint density at radius 2 is 1.61 bits per heavy atom. The molecule has 0 aliphatic carbocycles. The van der Waals surface area contributed by atoms with Gasteiger partial charge in [-0.1, -0.05) is 24.3 Å². The molecule has 3 rings (SSSR count). The van der Waals surface area contributed by atoms with E-state index in [0.29, 0.717) is 13.0 Å². The van der Waals surface area contributed by atoms with Gasteiger partial charge in [0.1, 0.15) is 17.5 Å². The number of rotatable bonds is 8. The highest BCUT2D eigenvalue weighted by Gasteiger charge is 2.43. The molecule has 146 valence electrons. The molecule has 3 aromatic rings. The van der Waals surface area contributed by atoms with E-state index in [2.05, 4.69) is 4.98 Å². The van der Waals surface area contributed by atoms with Gasteiger partial charge in [0.25, 0.3) is 0 Å². The van der Waals surface area contributed by atoms with Crippen LogP contribution in [0, 0.1) is 18.6 Å². The van der Waals surface area contributed by atoms with E-state index in [4.69, 9.17) is 4.74 Å². The number of hydrogen-bond donors (Lipinski definition) is 1. The van der Waals surface area contributed by atoms with Crippen LogP contribution in [0.3, 0.4) is 0 Å². The molecule has 0 amide bonds. The van der Waals surface area contributed by atoms with E-state index in [1.54, 1.807) is 6.20 Å². The van der Waals surface area contributed by atoms with Gasteiger partial charge in [-0.3, -0.25) is 0 Å². The Labute approximate surface area is 161 Å². The Hall–Kier alpha value is -3.06. The molecule has 0 spiro atoms. The fourth-order valence-corrected chi connectivity index (χ4v) is 3.11. The number of halogens is 2. The molecule has 5 nitrogen and oxygen atoms in total. The third-order valence-corrected chi connectivity index (χ3v) is 4.59. The number of nitrogens with zero attached hydrogens (tertiary/aromatic N) is 2. The van der Waals surface area contributed by atoms with Crippen LogP contribution in [0.15, 0.2) is 60.9 Å². The maximum atomic E-state index is 13.4. The summed E-state index contributed by atoms with van der Waals surface area (Å²) in [6, 6.07) is 10.2. The third kappa shape index (κ3) is 3.94. The number of carboxylic acid groups (broad SMARTS) is 1. The lowest BCUT2D eigenvalue weighted by molar-refractivity contribution is -0.162. The molecule has 1 N–H and O–H groups in total. The van der Waals surface area contributed by atoms with Crippen LogP contribution in [0.2, 0.25) is 0 Å². The van der Waals surface area contributed by atoms with Crippen LogP contribution >= 0.6 is 0 Å². The van der Waals surface area contributed by atoms with Gasteiger partial charge in [-0.25, -0.2) is 18.6 Å². The second kappa shape index (κ2) is 8.31. The van der Waals surface area contributed by atoms with Crippen LogP contribution in [-0.4, -0.2) is 27.2 Å². The lowest BCUT2D eigenvalue weighted by atomic mass is 9.86. The molecule has 2 aromatic carbocycles. The van der Waals surface area contributed by atoms with Crippen LogP contribution in [0.5, 0.6) is 0 Å². The lowest BCUT2D eigenvalue weighted by Crippen LogP contribution is -2.40. The second-order valence-electron chi connectivity index (χ2n) is 6.37. The topological polar surface area (TPSA) is 64.4 Å². The summed E-state index contributed by atoms with van der Waals surface area (Å²) in [5.41, 5.74) is -1.36. The van der Waals surface area contributed by atoms with E-state index in [-0.39, 0.29) is 17.7 Å². The molecule has 0 unspecified atom stereocenters. The van der Waals surface area contributed by atoms with Crippen molar-refractivity contribution in [2.75, 3.05) is 6.61 Å². The predicted octanol–water partition coefficient (Wildman–Crippen LogP) is 3.90. The Morgan fingerprint density at radius 1 is 1.07 bits per heavy atom. The normalized spacial score (nSPS) is 11.5. The number of aryl methyl sites for hydroxylation is 2. The van der Waals surface area contributed by atoms with Crippen molar-refractivity contribution in [1.29, 1.82) is 0 Å². The van der Waals surface area contributed by atoms with Gasteiger partial charge in [-0.15, -0.1) is 0 Å². The van der Waals surface area contributed by atoms with Crippen molar-refractivity contribution in [3.63, 3.8) is 0 Å². The van der Waals surface area contributed by atoms with Crippen LogP contribution in [-0.2, 0) is 21.7 Å². The first-order valence-corrected chi connectivity index (χ1v) is 8.80. The van der Waals surface area contributed by atoms with Gasteiger partial charge < -0.3 is 14.4 Å². The van der Waals surface area contributed by atoms with Gasteiger partial charge in [0, 0.05) is 18.9 Å². The molecular formula is C21H20F2N2O3. The Bertz CT molecular complexity index is 892. The first-order valence-electron chi connectivity index (χ1n) is 8.80. The number of carbonyl (C=O) groups is 1. The second-order valence-corrected chi connectivity index (χ2v) is 6.37. The molecule has 0 atom stereocenters. The third-order valence-electron chi connectivity index (χ3n) is 4.59. The van der Waals surface area contributed by atoms with E-state index in [1.807, 2.05) is 17.7 Å². The van der Waals surface area contributed by atoms with E-state index < -0.39 is 23.2 Å². The summed E-state index contributed by atoms with van der Waals surface area (Å²) in [5.74, 6) is -1.39. The van der Waals surface area contributed by atoms with E-state index >= 15 is 0 Å². The summed E-state index contributed by atoms with van der Waals surface area (Å²) in [7, 11) is 0. The Kier molecular flexibility index (Phi) is 5.84. The molecule has 0 aliphatic heterocycles. The average Bonchev–Trinajstić information content (AvgIpc) is 3.08. The summed E-state index contributed by atoms with van der Waals surface area (Å²) < 4.78 is 34.6. The summed E-state index contributed by atoms with van der Waals surface area (Å²) in [4.78, 5) is 16.5. The van der Waals surface area contributed by atoms with Crippen molar-refractivity contribution in [1.82, 2.24) is 9.55 Å². The molecule has 1 aromatic heterocycles. The van der Waals surface area contributed by atoms with Crippen LogP contribution in [0.1, 0.15) is 23.4 Å². The smallest absolute Gasteiger partial charge is 0.345 e. The number of imidazole rings is 1. The van der Waals surface area contributed by atoms with Crippen molar-refractivity contribution >= 4 is 5.97 Å². The summed E-state index contributed by atoms with van der Waals surface area (Å²) in [6.45, 7) is 2.60. The standard InChI is InChI=1S/C21H20F2N2O3/c1-15-24-11-13-25(15)12-2-14-28-21(20(26)27,16-3-7-18(22)8-4-16)17-5-9-19(23)10-6-17/h3-11,13H,2,12,14H2,1H3,(H,26,27). The van der Waals surface area contributed by atoms with E-state index in [9.17, 15) is 18.7 Å². The van der Waals surface area contributed by atoms with Crippen LogP contribution < -0.4 is 0 Å². The van der Waals surface area contributed by atoms with Gasteiger partial charge in [0.2, 0.25) is 5.60 Å². The number of benzene rings is 2. The number of hydrogen-bond acceptors (Lipinski definition) is 3. The van der Waals surface area contributed by atoms with Gasteiger partial charge in [0.15, 0.2) is 0 Å². The maximum Gasteiger partial charge on any atom is 0.345 e. The first-order chi connectivity index (χ1) is 13.4. The quantitative estimate of drug-likeness (QED) is 0.597.